The van der Waals surface area contributed by atoms with Gasteiger partial charge < -0.3 is 16.4 Å². The summed E-state index contributed by atoms with van der Waals surface area (Å²) in [4.78, 5) is 12.2. The highest BCUT2D eigenvalue weighted by atomic mass is 19.1. The number of nitrogen functional groups attached to an aromatic ring is 1. The zero-order valence-electron chi connectivity index (χ0n) is 14.9. The maximum atomic E-state index is 13.9. The number of aromatic nitrogens is 5. The summed E-state index contributed by atoms with van der Waals surface area (Å²) in [5.74, 6) is -0.397. The van der Waals surface area contributed by atoms with Crippen molar-refractivity contribution >= 4 is 23.7 Å². The summed E-state index contributed by atoms with van der Waals surface area (Å²) < 4.78 is 27.0. The van der Waals surface area contributed by atoms with E-state index in [1.807, 2.05) is 6.07 Å². The molecule has 1 atom stereocenters. The van der Waals surface area contributed by atoms with Crippen LogP contribution in [0.4, 0.5) is 32.4 Å². The lowest BCUT2D eigenvalue weighted by Gasteiger charge is -2.15. The second-order valence-electron chi connectivity index (χ2n) is 6.03. The molecule has 142 valence electrons. The smallest absolute Gasteiger partial charge is 0.235 e. The third-order valence-electron chi connectivity index (χ3n) is 3.82. The van der Waals surface area contributed by atoms with E-state index in [4.69, 9.17) is 5.73 Å². The molecule has 0 saturated heterocycles. The number of aromatic amines is 1. The molecule has 2 heterocycles. The number of H-pyrrole nitrogens is 1. The van der Waals surface area contributed by atoms with Gasteiger partial charge in [-0.2, -0.15) is 20.1 Å². The SMILES string of the molecule is CCCc1cc(Nc2nc(N)nc(NC(C)c3ccc(F)cc3F)n2)n[nH]1. The van der Waals surface area contributed by atoms with Crippen molar-refractivity contribution in [3.8, 4) is 0 Å². The Bertz CT molecular complexity index is 927. The van der Waals surface area contributed by atoms with E-state index < -0.39 is 17.7 Å². The Morgan fingerprint density at radius 1 is 1.15 bits per heavy atom. The van der Waals surface area contributed by atoms with Gasteiger partial charge in [0.15, 0.2) is 5.82 Å². The molecular weight excluding hydrogens is 354 g/mol. The third-order valence-corrected chi connectivity index (χ3v) is 3.82. The summed E-state index contributed by atoms with van der Waals surface area (Å²) in [5, 5.41) is 12.9. The van der Waals surface area contributed by atoms with E-state index in [1.165, 1.54) is 12.1 Å². The fourth-order valence-electron chi connectivity index (χ4n) is 2.57. The molecule has 3 rings (SSSR count). The number of anilines is 4. The molecule has 0 fully saturated rings. The molecule has 3 aromatic rings. The van der Waals surface area contributed by atoms with Gasteiger partial charge in [0, 0.05) is 23.4 Å². The molecule has 5 N–H and O–H groups in total. The number of hydrogen-bond donors (Lipinski definition) is 4. The van der Waals surface area contributed by atoms with Gasteiger partial charge >= 0.3 is 0 Å². The van der Waals surface area contributed by atoms with E-state index in [0.29, 0.717) is 5.82 Å². The average molecular weight is 374 g/mol. The van der Waals surface area contributed by atoms with Crippen LogP contribution in [0.2, 0.25) is 0 Å². The summed E-state index contributed by atoms with van der Waals surface area (Å²) in [5.41, 5.74) is 7.00. The summed E-state index contributed by atoms with van der Waals surface area (Å²) in [6.07, 6.45) is 1.87. The molecule has 2 aromatic heterocycles. The van der Waals surface area contributed by atoms with Crippen LogP contribution in [-0.4, -0.2) is 25.1 Å². The largest absolute Gasteiger partial charge is 0.368 e. The van der Waals surface area contributed by atoms with Crippen LogP contribution in [0.15, 0.2) is 24.3 Å². The van der Waals surface area contributed by atoms with Gasteiger partial charge in [0.05, 0.1) is 6.04 Å². The molecular formula is C17H20F2N8. The van der Waals surface area contributed by atoms with Crippen LogP contribution in [0.25, 0.3) is 0 Å². The van der Waals surface area contributed by atoms with E-state index in [-0.39, 0.29) is 23.4 Å². The summed E-state index contributed by atoms with van der Waals surface area (Å²) in [6, 6.07) is 4.73. The number of nitrogens with zero attached hydrogens (tertiary/aromatic N) is 4. The molecule has 27 heavy (non-hydrogen) atoms. The van der Waals surface area contributed by atoms with Gasteiger partial charge in [0.1, 0.15) is 11.6 Å². The topological polar surface area (TPSA) is 117 Å². The summed E-state index contributed by atoms with van der Waals surface area (Å²) in [7, 11) is 0. The maximum Gasteiger partial charge on any atom is 0.235 e. The zero-order chi connectivity index (χ0) is 19.4. The Balaban J connectivity index is 1.76. The molecule has 1 aromatic carbocycles. The lowest BCUT2D eigenvalue weighted by atomic mass is 10.1. The normalized spacial score (nSPS) is 12.0. The Morgan fingerprint density at radius 2 is 1.93 bits per heavy atom. The first-order valence-corrected chi connectivity index (χ1v) is 8.49. The van der Waals surface area contributed by atoms with Gasteiger partial charge in [0.25, 0.3) is 0 Å². The summed E-state index contributed by atoms with van der Waals surface area (Å²) >= 11 is 0. The van der Waals surface area contributed by atoms with Gasteiger partial charge in [-0.15, -0.1) is 0 Å². The Morgan fingerprint density at radius 3 is 2.67 bits per heavy atom. The minimum Gasteiger partial charge on any atom is -0.368 e. The van der Waals surface area contributed by atoms with Crippen molar-refractivity contribution in [2.45, 2.75) is 32.7 Å². The Kier molecular flexibility index (Phi) is 5.43. The van der Waals surface area contributed by atoms with Crippen molar-refractivity contribution in [1.82, 2.24) is 25.1 Å². The fraction of sp³-hybridized carbons (Fsp3) is 0.294. The Hall–Kier alpha value is -3.30. The van der Waals surface area contributed by atoms with E-state index >= 15 is 0 Å². The number of rotatable bonds is 7. The number of hydrogen-bond acceptors (Lipinski definition) is 7. The second-order valence-corrected chi connectivity index (χ2v) is 6.03. The first-order valence-electron chi connectivity index (χ1n) is 8.49. The molecule has 1 unspecified atom stereocenters. The molecule has 0 aliphatic rings. The minimum absolute atomic E-state index is 0.00824. The fourth-order valence-corrected chi connectivity index (χ4v) is 2.57. The van der Waals surface area contributed by atoms with Crippen LogP contribution >= 0.6 is 0 Å². The average Bonchev–Trinajstić information content (AvgIpc) is 3.01. The highest BCUT2D eigenvalue weighted by Crippen LogP contribution is 2.22. The monoisotopic (exact) mass is 374 g/mol. The zero-order valence-corrected chi connectivity index (χ0v) is 14.9. The molecule has 10 heteroatoms. The summed E-state index contributed by atoms with van der Waals surface area (Å²) in [6.45, 7) is 3.78. The van der Waals surface area contributed by atoms with Crippen molar-refractivity contribution in [2.75, 3.05) is 16.4 Å². The van der Waals surface area contributed by atoms with Crippen molar-refractivity contribution in [3.63, 3.8) is 0 Å². The maximum absolute atomic E-state index is 13.9. The number of aryl methyl sites for hydroxylation is 1. The quantitative estimate of drug-likeness (QED) is 0.501. The van der Waals surface area contributed by atoms with Crippen LogP contribution in [0, 0.1) is 11.6 Å². The molecule has 0 spiro atoms. The first kappa shape index (κ1) is 18.5. The predicted molar refractivity (Wildman–Crippen MR) is 98.5 cm³/mol. The molecule has 0 bridgehead atoms. The molecule has 0 radical (unpaired) electrons. The lowest BCUT2D eigenvalue weighted by Crippen LogP contribution is -2.14. The molecule has 0 saturated carbocycles. The second kappa shape index (κ2) is 7.94. The van der Waals surface area contributed by atoms with Gasteiger partial charge in [-0.1, -0.05) is 19.4 Å². The molecule has 8 nitrogen and oxygen atoms in total. The predicted octanol–water partition coefficient (Wildman–Crippen LogP) is 3.32. The Labute approximate surface area is 154 Å². The molecule has 0 amide bonds. The van der Waals surface area contributed by atoms with Gasteiger partial charge in [-0.3, -0.25) is 5.10 Å². The van der Waals surface area contributed by atoms with Crippen LogP contribution < -0.4 is 16.4 Å². The van der Waals surface area contributed by atoms with Crippen LogP contribution in [-0.2, 0) is 6.42 Å². The van der Waals surface area contributed by atoms with E-state index in [9.17, 15) is 8.78 Å². The van der Waals surface area contributed by atoms with Crippen LogP contribution in [0.1, 0.15) is 37.6 Å². The van der Waals surface area contributed by atoms with Gasteiger partial charge in [-0.25, -0.2) is 8.78 Å². The van der Waals surface area contributed by atoms with E-state index in [0.717, 1.165) is 24.6 Å². The highest BCUT2D eigenvalue weighted by molar-refractivity contribution is 5.51. The van der Waals surface area contributed by atoms with Crippen molar-refractivity contribution in [1.29, 1.82) is 0 Å². The van der Waals surface area contributed by atoms with E-state index in [2.05, 4.69) is 42.7 Å². The lowest BCUT2D eigenvalue weighted by molar-refractivity contribution is 0.566. The number of benzene rings is 1. The van der Waals surface area contributed by atoms with Crippen molar-refractivity contribution < 1.29 is 8.78 Å². The minimum atomic E-state index is -0.657. The first-order chi connectivity index (χ1) is 12.9. The van der Waals surface area contributed by atoms with Gasteiger partial charge in [0.2, 0.25) is 17.8 Å². The van der Waals surface area contributed by atoms with Crippen molar-refractivity contribution in [3.05, 3.63) is 47.2 Å². The molecule has 0 aliphatic carbocycles. The van der Waals surface area contributed by atoms with E-state index in [1.54, 1.807) is 6.92 Å². The highest BCUT2D eigenvalue weighted by Gasteiger charge is 2.14. The number of nitrogens with two attached hydrogens (primary N) is 1. The van der Waals surface area contributed by atoms with Crippen molar-refractivity contribution in [2.24, 2.45) is 0 Å². The number of nitrogens with one attached hydrogen (secondary N) is 3. The molecule has 0 aliphatic heterocycles. The third kappa shape index (κ3) is 4.66. The van der Waals surface area contributed by atoms with Crippen LogP contribution in [0.5, 0.6) is 0 Å². The standard InChI is InChI=1S/C17H20F2N8/c1-3-4-11-8-14(27-26-11)22-17-24-15(20)23-16(25-17)21-9(2)12-6-5-10(18)7-13(12)19/h5-9H,3-4H2,1-2H3,(H5,20,21,22,23,24,25,26,27). The number of halogens is 2. The van der Waals surface area contributed by atoms with Gasteiger partial charge in [-0.05, 0) is 19.4 Å². The van der Waals surface area contributed by atoms with Crippen LogP contribution in [0.3, 0.4) is 0 Å².